The predicted octanol–water partition coefficient (Wildman–Crippen LogP) is 2.91. The van der Waals surface area contributed by atoms with E-state index >= 15 is 0 Å². The number of aromatic nitrogens is 2. The van der Waals surface area contributed by atoms with E-state index in [1.807, 2.05) is 49.6 Å². The monoisotopic (exact) mass is 279 g/mol. The molecule has 0 fully saturated rings. The molecule has 2 rings (SSSR count). The fourth-order valence-electron chi connectivity index (χ4n) is 1.64. The normalized spacial score (nSPS) is 12.6. The number of hydrogen-bond acceptors (Lipinski definition) is 4. The van der Waals surface area contributed by atoms with Crippen LogP contribution in [0.4, 0.5) is 4.79 Å². The Bertz CT molecular complexity index is 568. The van der Waals surface area contributed by atoms with Crippen LogP contribution in [0.25, 0.3) is 5.65 Å². The van der Waals surface area contributed by atoms with Gasteiger partial charge in [0.05, 0.1) is 16.5 Å². The molecule has 2 aromatic rings. The minimum Gasteiger partial charge on any atom is -0.447 e. The molecule has 19 heavy (non-hydrogen) atoms. The van der Waals surface area contributed by atoms with Crippen LogP contribution in [-0.4, -0.2) is 27.0 Å². The van der Waals surface area contributed by atoms with Gasteiger partial charge in [0.25, 0.3) is 0 Å². The van der Waals surface area contributed by atoms with Gasteiger partial charge in [-0.05, 0) is 32.9 Å². The highest BCUT2D eigenvalue weighted by molar-refractivity contribution is 7.99. The summed E-state index contributed by atoms with van der Waals surface area (Å²) in [5, 5.41) is 3.72. The molecule has 0 spiro atoms. The summed E-state index contributed by atoms with van der Waals surface area (Å²) in [5.41, 5.74) is 0.891. The summed E-state index contributed by atoms with van der Waals surface area (Å²) in [4.78, 5) is 15.7. The van der Waals surface area contributed by atoms with Crippen LogP contribution in [0.1, 0.15) is 20.8 Å². The van der Waals surface area contributed by atoms with Gasteiger partial charge in [0.15, 0.2) is 0 Å². The third-order valence-electron chi connectivity index (χ3n) is 2.35. The van der Waals surface area contributed by atoms with Gasteiger partial charge in [-0.3, -0.25) is 4.40 Å². The van der Waals surface area contributed by atoms with Crippen LogP contribution in [0.3, 0.4) is 0 Å². The van der Waals surface area contributed by atoms with Crippen LogP contribution >= 0.6 is 11.8 Å². The molecule has 5 nitrogen and oxygen atoms in total. The van der Waals surface area contributed by atoms with Crippen molar-refractivity contribution in [3.63, 3.8) is 0 Å². The molecule has 2 aromatic heterocycles. The topological polar surface area (TPSA) is 55.6 Å². The number of thioether (sulfide) groups is 1. The van der Waals surface area contributed by atoms with Crippen molar-refractivity contribution in [2.24, 2.45) is 0 Å². The first-order chi connectivity index (χ1) is 9.06. The highest BCUT2D eigenvalue weighted by Crippen LogP contribution is 2.22. The van der Waals surface area contributed by atoms with Crippen molar-refractivity contribution in [1.29, 1.82) is 0 Å². The average molecular weight is 279 g/mol. The number of ether oxygens (including phenoxy) is 1. The van der Waals surface area contributed by atoms with E-state index < -0.39 is 6.09 Å². The number of carbonyl (C=O) groups excluding carboxylic acids is 1. The fourth-order valence-corrected chi connectivity index (χ4v) is 2.58. The van der Waals surface area contributed by atoms with E-state index in [1.165, 1.54) is 0 Å². The first-order valence-electron chi connectivity index (χ1n) is 6.12. The van der Waals surface area contributed by atoms with Crippen LogP contribution in [0, 0.1) is 0 Å². The first-order valence-corrected chi connectivity index (χ1v) is 7.00. The first kappa shape index (κ1) is 13.7. The van der Waals surface area contributed by atoms with Crippen molar-refractivity contribution >= 4 is 23.5 Å². The van der Waals surface area contributed by atoms with Crippen LogP contribution in [0.15, 0.2) is 35.6 Å². The molecule has 0 aliphatic carbocycles. The van der Waals surface area contributed by atoms with Gasteiger partial charge in [-0.15, -0.1) is 0 Å². The van der Waals surface area contributed by atoms with E-state index in [1.54, 1.807) is 18.0 Å². The second kappa shape index (κ2) is 5.97. The summed E-state index contributed by atoms with van der Waals surface area (Å²) < 4.78 is 7.03. The molecule has 0 aliphatic rings. The van der Waals surface area contributed by atoms with E-state index in [2.05, 4.69) is 10.3 Å². The van der Waals surface area contributed by atoms with E-state index in [4.69, 9.17) is 4.74 Å². The van der Waals surface area contributed by atoms with E-state index in [0.717, 1.165) is 10.7 Å². The maximum atomic E-state index is 11.5. The van der Waals surface area contributed by atoms with E-state index in [0.29, 0.717) is 0 Å². The molecule has 6 heteroatoms. The van der Waals surface area contributed by atoms with Gasteiger partial charge in [-0.2, -0.15) is 0 Å². The lowest BCUT2D eigenvalue weighted by molar-refractivity contribution is 0.115. The van der Waals surface area contributed by atoms with Crippen molar-refractivity contribution in [1.82, 2.24) is 14.7 Å². The molecule has 1 unspecified atom stereocenters. The summed E-state index contributed by atoms with van der Waals surface area (Å²) >= 11 is 1.54. The van der Waals surface area contributed by atoms with Crippen LogP contribution < -0.4 is 5.32 Å². The number of carbonyl (C=O) groups is 1. The van der Waals surface area contributed by atoms with Gasteiger partial charge < -0.3 is 10.1 Å². The number of imidazole rings is 1. The summed E-state index contributed by atoms with van der Waals surface area (Å²) in [6.45, 7) is 5.56. The quantitative estimate of drug-likeness (QED) is 0.690. The number of amides is 1. The molecule has 1 amide bonds. The standard InChI is InChI=1S/C13H17N3O2S/c1-9(2)18-13(17)15-10(3)19-12-6-4-5-11-14-7-8-16(11)12/h4-10H,1-3H3,(H,15,17). The lowest BCUT2D eigenvalue weighted by Gasteiger charge is -2.15. The SMILES string of the molecule is CC(C)OC(=O)NC(C)Sc1cccc2nccn12. The number of nitrogens with one attached hydrogen (secondary N) is 1. The summed E-state index contributed by atoms with van der Waals surface area (Å²) in [5.74, 6) is 0. The molecule has 1 N–H and O–H groups in total. The Morgan fingerprint density at radius 2 is 2.21 bits per heavy atom. The largest absolute Gasteiger partial charge is 0.447 e. The summed E-state index contributed by atoms with van der Waals surface area (Å²) in [7, 11) is 0. The third-order valence-corrected chi connectivity index (χ3v) is 3.40. The van der Waals surface area contributed by atoms with Crippen LogP contribution in [0.5, 0.6) is 0 Å². The third kappa shape index (κ3) is 3.64. The number of alkyl carbamates (subject to hydrolysis) is 1. The number of hydrogen-bond donors (Lipinski definition) is 1. The fraction of sp³-hybridized carbons (Fsp3) is 0.385. The average Bonchev–Trinajstić information content (AvgIpc) is 2.76. The van der Waals surface area contributed by atoms with Crippen molar-refractivity contribution in [2.75, 3.05) is 0 Å². The Hall–Kier alpha value is -1.69. The summed E-state index contributed by atoms with van der Waals surface area (Å²) in [6, 6.07) is 5.88. The Kier molecular flexibility index (Phi) is 4.31. The van der Waals surface area contributed by atoms with Gasteiger partial charge in [-0.1, -0.05) is 17.8 Å². The Labute approximate surface area is 116 Å². The van der Waals surface area contributed by atoms with Gasteiger partial charge in [0, 0.05) is 12.4 Å². The lowest BCUT2D eigenvalue weighted by Crippen LogP contribution is -2.32. The Balaban J connectivity index is 2.00. The van der Waals surface area contributed by atoms with Gasteiger partial charge in [0.1, 0.15) is 5.65 Å². The van der Waals surface area contributed by atoms with E-state index in [-0.39, 0.29) is 11.5 Å². The number of rotatable bonds is 4. The highest BCUT2D eigenvalue weighted by Gasteiger charge is 2.12. The molecular formula is C13H17N3O2S. The van der Waals surface area contributed by atoms with Crippen LogP contribution in [-0.2, 0) is 4.74 Å². The Morgan fingerprint density at radius 1 is 1.42 bits per heavy atom. The summed E-state index contributed by atoms with van der Waals surface area (Å²) in [6.07, 6.45) is 3.14. The van der Waals surface area contributed by atoms with Crippen molar-refractivity contribution < 1.29 is 9.53 Å². The van der Waals surface area contributed by atoms with Crippen molar-refractivity contribution in [3.05, 3.63) is 30.6 Å². The van der Waals surface area contributed by atoms with Crippen LogP contribution in [0.2, 0.25) is 0 Å². The van der Waals surface area contributed by atoms with E-state index in [9.17, 15) is 4.79 Å². The van der Waals surface area contributed by atoms with Gasteiger partial charge in [0.2, 0.25) is 0 Å². The highest BCUT2D eigenvalue weighted by atomic mass is 32.2. The van der Waals surface area contributed by atoms with Crippen molar-refractivity contribution in [3.8, 4) is 0 Å². The van der Waals surface area contributed by atoms with Gasteiger partial charge in [-0.25, -0.2) is 9.78 Å². The second-order valence-electron chi connectivity index (χ2n) is 4.38. The molecule has 0 aromatic carbocycles. The zero-order valence-electron chi connectivity index (χ0n) is 11.2. The maximum Gasteiger partial charge on any atom is 0.408 e. The maximum absolute atomic E-state index is 11.5. The minimum absolute atomic E-state index is 0.0840. The molecule has 0 radical (unpaired) electrons. The number of pyridine rings is 1. The molecule has 0 bridgehead atoms. The molecule has 2 heterocycles. The Morgan fingerprint density at radius 3 is 2.95 bits per heavy atom. The zero-order valence-corrected chi connectivity index (χ0v) is 12.0. The smallest absolute Gasteiger partial charge is 0.408 e. The molecule has 102 valence electrons. The molecule has 0 saturated carbocycles. The lowest BCUT2D eigenvalue weighted by atomic mass is 10.5. The predicted molar refractivity (Wildman–Crippen MR) is 75.3 cm³/mol. The number of nitrogens with zero attached hydrogens (tertiary/aromatic N) is 2. The minimum atomic E-state index is -0.396. The molecule has 1 atom stereocenters. The molecule has 0 saturated heterocycles. The molecule has 0 aliphatic heterocycles. The second-order valence-corrected chi connectivity index (χ2v) is 5.74. The number of fused-ring (bicyclic) bond motifs is 1. The van der Waals surface area contributed by atoms with Crippen molar-refractivity contribution in [2.45, 2.75) is 37.3 Å². The van der Waals surface area contributed by atoms with Gasteiger partial charge >= 0.3 is 6.09 Å². The zero-order chi connectivity index (χ0) is 13.8. The molecular weight excluding hydrogens is 262 g/mol.